The minimum Gasteiger partial charge on any atom is -0.489 e. The Morgan fingerprint density at radius 2 is 1.90 bits per heavy atom. The molecule has 3 atom stereocenters. The van der Waals surface area contributed by atoms with Crippen molar-refractivity contribution in [3.8, 4) is 23.0 Å². The minimum absolute atomic E-state index is 0. The highest BCUT2D eigenvalue weighted by Gasteiger charge is 2.29. The monoisotopic (exact) mass is 590 g/mol. The summed E-state index contributed by atoms with van der Waals surface area (Å²) in [7, 11) is 0. The molecule has 1 heterocycles. The summed E-state index contributed by atoms with van der Waals surface area (Å²) >= 11 is 4.13. The van der Waals surface area contributed by atoms with Crippen molar-refractivity contribution in [2.45, 2.75) is 43.8 Å². The van der Waals surface area contributed by atoms with E-state index in [0.717, 1.165) is 25.0 Å². The van der Waals surface area contributed by atoms with Crippen LogP contribution in [0.5, 0.6) is 11.5 Å². The van der Waals surface area contributed by atoms with Crippen LogP contribution in [0.1, 0.15) is 53.7 Å². The summed E-state index contributed by atoms with van der Waals surface area (Å²) in [6.45, 7) is -1.16. The van der Waals surface area contributed by atoms with E-state index >= 15 is 0 Å². The number of amides is 1. The molecule has 3 aromatic rings. The van der Waals surface area contributed by atoms with E-state index in [1.165, 1.54) is 18.2 Å². The Hall–Kier alpha value is -3.00. The Morgan fingerprint density at radius 1 is 1.18 bits per heavy atom. The van der Waals surface area contributed by atoms with Gasteiger partial charge in [0.05, 0.1) is 24.1 Å². The third kappa shape index (κ3) is 7.56. The molecule has 0 saturated heterocycles. The molecule has 0 spiro atoms. The first-order valence-corrected chi connectivity index (χ1v) is 12.2. The predicted molar refractivity (Wildman–Crippen MR) is 140 cm³/mol. The molecule has 212 valence electrons. The molecule has 4 rings (SSSR count). The van der Waals surface area contributed by atoms with E-state index in [-0.39, 0.29) is 46.8 Å². The number of nitrogens with zero attached hydrogens (tertiary/aromatic N) is 1. The van der Waals surface area contributed by atoms with Crippen LogP contribution in [0.2, 0.25) is 0 Å². The summed E-state index contributed by atoms with van der Waals surface area (Å²) in [4.78, 5) is 17.5. The van der Waals surface area contributed by atoms with E-state index in [0.29, 0.717) is 24.2 Å². The molecule has 1 amide bonds. The van der Waals surface area contributed by atoms with Crippen LogP contribution in [0.3, 0.4) is 0 Å². The lowest BCUT2D eigenvalue weighted by Gasteiger charge is -2.22. The lowest BCUT2D eigenvalue weighted by molar-refractivity contribution is -0.0515. The second-order valence-corrected chi connectivity index (χ2v) is 9.52. The molecule has 2 aromatic carbocycles. The van der Waals surface area contributed by atoms with Crippen molar-refractivity contribution >= 4 is 30.9 Å². The fourth-order valence-electron chi connectivity index (χ4n) is 3.68. The Balaban J connectivity index is 0.00000420. The number of aromatic nitrogens is 1. The van der Waals surface area contributed by atoms with Crippen LogP contribution in [-0.4, -0.2) is 29.5 Å². The highest BCUT2D eigenvalue weighted by atomic mass is 35.5. The Labute approximate surface area is 233 Å². The van der Waals surface area contributed by atoms with Crippen molar-refractivity contribution in [1.82, 2.24) is 10.3 Å². The van der Waals surface area contributed by atoms with Gasteiger partial charge in [-0.1, -0.05) is 6.07 Å². The molecule has 5 N–H and O–H groups in total. The minimum atomic E-state index is -3.05. The predicted octanol–water partition coefficient (Wildman–Crippen LogP) is 5.14. The molecule has 1 fully saturated rings. The van der Waals surface area contributed by atoms with Crippen molar-refractivity contribution in [2.75, 3.05) is 6.61 Å². The maximum Gasteiger partial charge on any atom is 0.387 e. The fourth-order valence-corrected chi connectivity index (χ4v) is 3.91. The molecule has 8 nitrogen and oxygen atoms in total. The summed E-state index contributed by atoms with van der Waals surface area (Å²) in [6, 6.07) is 5.02. The lowest BCUT2D eigenvalue weighted by Crippen LogP contribution is -2.39. The van der Waals surface area contributed by atoms with Gasteiger partial charge in [-0.25, -0.2) is 13.8 Å². The van der Waals surface area contributed by atoms with E-state index in [9.17, 15) is 22.4 Å². The molecular weight excluding hydrogens is 564 g/mol. The highest BCUT2D eigenvalue weighted by molar-refractivity contribution is 7.80. The normalized spacial score (nSPS) is 15.3. The molecule has 1 aliphatic rings. The van der Waals surface area contributed by atoms with Crippen LogP contribution in [0, 0.1) is 17.6 Å². The topological polar surface area (TPSA) is 126 Å². The first-order chi connectivity index (χ1) is 18.0. The number of benzene rings is 2. The van der Waals surface area contributed by atoms with Crippen molar-refractivity contribution < 1.29 is 36.2 Å². The number of hydrogen-bond donors (Lipinski definition) is 4. The zero-order chi connectivity index (χ0) is 27.6. The zero-order valence-electron chi connectivity index (χ0n) is 20.6. The van der Waals surface area contributed by atoms with Gasteiger partial charge in [0.1, 0.15) is 11.6 Å². The van der Waals surface area contributed by atoms with Gasteiger partial charge in [0.15, 0.2) is 23.0 Å². The summed E-state index contributed by atoms with van der Waals surface area (Å²) in [5, 5.41) is 1.48. The maximum atomic E-state index is 14.4. The first kappa shape index (κ1) is 30.5. The van der Waals surface area contributed by atoms with Gasteiger partial charge < -0.3 is 30.7 Å². The Morgan fingerprint density at radius 3 is 2.49 bits per heavy atom. The van der Waals surface area contributed by atoms with Crippen molar-refractivity contribution in [3.05, 3.63) is 65.1 Å². The molecule has 0 aliphatic heterocycles. The summed E-state index contributed by atoms with van der Waals surface area (Å²) in [5.41, 5.74) is 11.9. The number of thiol groups is 1. The van der Waals surface area contributed by atoms with Gasteiger partial charge in [-0.05, 0) is 49.9 Å². The molecular formula is C25H27ClF4N4O4S. The largest absolute Gasteiger partial charge is 0.489 e. The number of nitrogens with two attached hydrogens (primary N) is 2. The number of ether oxygens (including phenoxy) is 2. The summed E-state index contributed by atoms with van der Waals surface area (Å²) < 4.78 is 69.5. The van der Waals surface area contributed by atoms with Crippen molar-refractivity contribution in [3.63, 3.8) is 0 Å². The molecule has 39 heavy (non-hydrogen) atoms. The second-order valence-electron chi connectivity index (χ2n) is 8.92. The van der Waals surface area contributed by atoms with Gasteiger partial charge in [-0.2, -0.15) is 21.4 Å². The summed E-state index contributed by atoms with van der Waals surface area (Å²) in [5.74, 6) is -2.29. The van der Waals surface area contributed by atoms with E-state index in [1.807, 2.05) is 0 Å². The lowest BCUT2D eigenvalue weighted by atomic mass is 10.1. The smallest absolute Gasteiger partial charge is 0.387 e. The molecule has 14 heteroatoms. The first-order valence-electron chi connectivity index (χ1n) is 11.7. The number of oxazole rings is 1. The van der Waals surface area contributed by atoms with Gasteiger partial charge in [0, 0.05) is 17.2 Å². The standard InChI is InChI=1S/C25H26F4N4O4S.ClH/c1-11(30)21-20(23(34)32-19(22(31)38)15-6-5-14(26)9-16(15)27)33-24(37-21)13-4-7-17(36-25(28)29)18(8-13)35-10-12-2-3-12;/h4-9,11-12,19,22,25,38H,2-3,10,30-31H2,1H3,(H,32,34);1H/t11-,19?,22-;/m0./s1. The fraction of sp³-hybridized carbons (Fsp3) is 0.360. The number of halogens is 5. The van der Waals surface area contributed by atoms with Crippen molar-refractivity contribution in [2.24, 2.45) is 17.4 Å². The SMILES string of the molecule is C[C@H](N)c1oc(-c2ccc(OC(F)F)c(OCC3CC3)c2)nc1C(=O)NC(c1ccc(F)cc1F)[C@@H](N)S.Cl. The van der Waals surface area contributed by atoms with Crippen molar-refractivity contribution in [1.29, 1.82) is 0 Å². The number of hydrogen-bond acceptors (Lipinski definition) is 8. The van der Waals surface area contributed by atoms with E-state index < -0.39 is 41.6 Å². The average Bonchev–Trinajstić information content (AvgIpc) is 3.56. The number of carbonyl (C=O) groups excluding carboxylic acids is 1. The third-order valence-corrected chi connectivity index (χ3v) is 6.08. The van der Waals surface area contributed by atoms with Gasteiger partial charge in [-0.3, -0.25) is 4.79 Å². The molecule has 1 aromatic heterocycles. The van der Waals surface area contributed by atoms with Gasteiger partial charge in [0.25, 0.3) is 5.91 Å². The quantitative estimate of drug-likeness (QED) is 0.138. The van der Waals surface area contributed by atoms with Crippen LogP contribution >= 0.6 is 25.0 Å². The molecule has 0 bridgehead atoms. The third-order valence-electron chi connectivity index (χ3n) is 5.79. The number of alkyl halides is 2. The van der Waals surface area contributed by atoms with Crippen LogP contribution in [0.4, 0.5) is 17.6 Å². The van der Waals surface area contributed by atoms with Crippen LogP contribution in [0.15, 0.2) is 40.8 Å². The Kier molecular flexibility index (Phi) is 10.1. The molecule has 1 saturated carbocycles. The Bertz CT molecular complexity index is 1310. The zero-order valence-corrected chi connectivity index (χ0v) is 22.3. The van der Waals surface area contributed by atoms with E-state index in [1.54, 1.807) is 6.92 Å². The van der Waals surface area contributed by atoms with Crippen LogP contribution in [-0.2, 0) is 0 Å². The van der Waals surface area contributed by atoms with E-state index in [2.05, 4.69) is 27.7 Å². The number of nitrogens with one attached hydrogen (secondary N) is 1. The molecule has 0 radical (unpaired) electrons. The summed E-state index contributed by atoms with van der Waals surface area (Å²) in [6.07, 6.45) is 1.97. The molecule has 1 unspecified atom stereocenters. The number of carbonyl (C=O) groups is 1. The number of rotatable bonds is 11. The molecule has 1 aliphatic carbocycles. The average molecular weight is 591 g/mol. The van der Waals surface area contributed by atoms with E-state index in [4.69, 9.17) is 20.6 Å². The highest BCUT2D eigenvalue weighted by Crippen LogP contribution is 2.37. The van der Waals surface area contributed by atoms with Gasteiger partial charge >= 0.3 is 6.61 Å². The van der Waals surface area contributed by atoms with Gasteiger partial charge in [0.2, 0.25) is 5.89 Å². The van der Waals surface area contributed by atoms with Gasteiger partial charge in [-0.15, -0.1) is 12.4 Å². The maximum absolute atomic E-state index is 14.4. The second kappa shape index (κ2) is 12.9. The van der Waals surface area contributed by atoms with Crippen LogP contribution in [0.25, 0.3) is 11.5 Å². The van der Waals surface area contributed by atoms with Crippen LogP contribution < -0.4 is 26.3 Å².